The number of hydrogen-bond acceptors (Lipinski definition) is 5. The second-order valence-corrected chi connectivity index (χ2v) is 6.03. The van der Waals surface area contributed by atoms with Crippen molar-refractivity contribution in [3.63, 3.8) is 0 Å². The van der Waals surface area contributed by atoms with Crippen LogP contribution in [0.3, 0.4) is 0 Å². The van der Waals surface area contributed by atoms with Crippen LogP contribution in [-0.2, 0) is 6.54 Å². The van der Waals surface area contributed by atoms with E-state index in [-0.39, 0.29) is 23.9 Å². The van der Waals surface area contributed by atoms with E-state index in [2.05, 4.69) is 4.98 Å². The minimum absolute atomic E-state index is 0.0670. The Labute approximate surface area is 141 Å². The number of halogens is 2. The van der Waals surface area contributed by atoms with Crippen LogP contribution in [0.4, 0.5) is 14.6 Å². The van der Waals surface area contributed by atoms with Gasteiger partial charge in [-0.2, -0.15) is 0 Å². The molecule has 9 heteroatoms. The lowest BCUT2D eigenvalue weighted by molar-refractivity contribution is 0.0695. The Morgan fingerprint density at radius 1 is 1.48 bits per heavy atom. The molecule has 1 unspecified atom stereocenters. The van der Waals surface area contributed by atoms with Crippen LogP contribution < -0.4 is 16.1 Å². The number of aromatic nitrogens is 2. The van der Waals surface area contributed by atoms with Crippen LogP contribution in [0.25, 0.3) is 11.0 Å². The van der Waals surface area contributed by atoms with Crippen molar-refractivity contribution in [3.05, 3.63) is 33.6 Å². The van der Waals surface area contributed by atoms with Gasteiger partial charge in [0.15, 0.2) is 11.6 Å². The van der Waals surface area contributed by atoms with Gasteiger partial charge in [-0.1, -0.05) is 0 Å². The fourth-order valence-corrected chi connectivity index (χ4v) is 3.36. The van der Waals surface area contributed by atoms with Gasteiger partial charge in [0.1, 0.15) is 22.4 Å². The van der Waals surface area contributed by atoms with Crippen molar-refractivity contribution in [1.82, 2.24) is 9.55 Å². The van der Waals surface area contributed by atoms with E-state index in [1.54, 1.807) is 11.8 Å². The summed E-state index contributed by atoms with van der Waals surface area (Å²) < 4.78 is 29.2. The predicted octanol–water partition coefficient (Wildman–Crippen LogP) is 1.18. The molecule has 25 heavy (non-hydrogen) atoms. The van der Waals surface area contributed by atoms with Gasteiger partial charge in [0.2, 0.25) is 5.43 Å². The first-order valence-corrected chi connectivity index (χ1v) is 7.99. The van der Waals surface area contributed by atoms with Gasteiger partial charge in [0.05, 0.1) is 6.20 Å². The van der Waals surface area contributed by atoms with E-state index in [0.29, 0.717) is 25.8 Å². The molecule has 3 heterocycles. The second-order valence-electron chi connectivity index (χ2n) is 6.03. The minimum Gasteiger partial charge on any atom is -0.477 e. The lowest BCUT2D eigenvalue weighted by atomic mass is 10.1. The zero-order chi connectivity index (χ0) is 18.3. The highest BCUT2D eigenvalue weighted by molar-refractivity contribution is 5.98. The summed E-state index contributed by atoms with van der Waals surface area (Å²) in [5.41, 5.74) is 3.98. The van der Waals surface area contributed by atoms with Crippen LogP contribution in [0, 0.1) is 17.6 Å². The van der Waals surface area contributed by atoms with Crippen LogP contribution in [0.15, 0.2) is 11.0 Å². The maximum Gasteiger partial charge on any atom is 0.343 e. The molecule has 1 atom stereocenters. The smallest absolute Gasteiger partial charge is 0.343 e. The standard InChI is InChI=1S/C16H18F2N4O3/c1-2-22-14-10(12(18)9(17)6-20-14)13(23)11(16(24)25)15(22)21-4-3-8(5-19)7-21/h6,8H,2-5,7,19H2,1H3,(H,24,25). The zero-order valence-corrected chi connectivity index (χ0v) is 13.6. The topological polar surface area (TPSA) is 101 Å². The third-order valence-corrected chi connectivity index (χ3v) is 4.59. The highest BCUT2D eigenvalue weighted by Crippen LogP contribution is 2.29. The Kier molecular flexibility index (Phi) is 4.42. The first-order valence-electron chi connectivity index (χ1n) is 7.99. The van der Waals surface area contributed by atoms with Gasteiger partial charge in [-0.15, -0.1) is 0 Å². The number of hydrogen-bond donors (Lipinski definition) is 2. The largest absolute Gasteiger partial charge is 0.477 e. The van der Waals surface area contributed by atoms with Crippen molar-refractivity contribution in [3.8, 4) is 0 Å². The number of nitrogens with two attached hydrogens (primary N) is 1. The molecule has 7 nitrogen and oxygen atoms in total. The maximum atomic E-state index is 14.2. The van der Waals surface area contributed by atoms with Crippen molar-refractivity contribution in [2.24, 2.45) is 11.7 Å². The molecule has 1 fully saturated rings. The zero-order valence-electron chi connectivity index (χ0n) is 13.6. The van der Waals surface area contributed by atoms with E-state index in [9.17, 15) is 23.5 Å². The molecular formula is C16H18F2N4O3. The first kappa shape index (κ1) is 17.3. The molecule has 0 aliphatic carbocycles. The molecule has 0 saturated carbocycles. The number of fused-ring (bicyclic) bond motifs is 1. The molecule has 1 aliphatic rings. The first-order chi connectivity index (χ1) is 11.9. The van der Waals surface area contributed by atoms with Gasteiger partial charge in [-0.05, 0) is 25.8 Å². The van der Waals surface area contributed by atoms with Crippen LogP contribution in [0.5, 0.6) is 0 Å². The molecular weight excluding hydrogens is 334 g/mol. The fraction of sp³-hybridized carbons (Fsp3) is 0.438. The highest BCUT2D eigenvalue weighted by atomic mass is 19.2. The molecule has 0 bridgehead atoms. The predicted molar refractivity (Wildman–Crippen MR) is 87.9 cm³/mol. The number of anilines is 1. The van der Waals surface area contributed by atoms with E-state index in [1.807, 2.05) is 0 Å². The van der Waals surface area contributed by atoms with Crippen LogP contribution in [0.2, 0.25) is 0 Å². The molecule has 2 aromatic rings. The molecule has 0 aromatic carbocycles. The minimum atomic E-state index is -1.48. The number of aryl methyl sites for hydroxylation is 1. The average Bonchev–Trinajstić information content (AvgIpc) is 3.05. The number of carboxylic acid groups (broad SMARTS) is 1. The van der Waals surface area contributed by atoms with Crippen LogP contribution in [-0.4, -0.2) is 40.3 Å². The molecule has 3 N–H and O–H groups in total. The third kappa shape index (κ3) is 2.64. The van der Waals surface area contributed by atoms with Crippen molar-refractivity contribution < 1.29 is 18.7 Å². The molecule has 3 rings (SSSR count). The number of nitrogens with zero attached hydrogens (tertiary/aromatic N) is 3. The summed E-state index contributed by atoms with van der Waals surface area (Å²) in [7, 11) is 0. The quantitative estimate of drug-likeness (QED) is 0.857. The molecule has 0 spiro atoms. The van der Waals surface area contributed by atoms with Gasteiger partial charge >= 0.3 is 5.97 Å². The van der Waals surface area contributed by atoms with Gasteiger partial charge in [0, 0.05) is 19.6 Å². The molecule has 1 aliphatic heterocycles. The average molecular weight is 352 g/mol. The van der Waals surface area contributed by atoms with E-state index >= 15 is 0 Å². The monoisotopic (exact) mass is 352 g/mol. The summed E-state index contributed by atoms with van der Waals surface area (Å²) in [5, 5.41) is 8.93. The van der Waals surface area contributed by atoms with E-state index < -0.39 is 34.0 Å². The number of pyridine rings is 2. The fourth-order valence-electron chi connectivity index (χ4n) is 3.36. The Bertz CT molecular complexity index is 913. The van der Waals surface area contributed by atoms with Crippen molar-refractivity contribution >= 4 is 22.8 Å². The Hall–Kier alpha value is -2.55. The number of rotatable bonds is 4. The molecule has 2 aromatic heterocycles. The van der Waals surface area contributed by atoms with Crippen molar-refractivity contribution in [2.45, 2.75) is 19.9 Å². The second kappa shape index (κ2) is 6.40. The van der Waals surface area contributed by atoms with Crippen molar-refractivity contribution in [2.75, 3.05) is 24.5 Å². The Morgan fingerprint density at radius 2 is 2.20 bits per heavy atom. The molecule has 1 saturated heterocycles. The summed E-state index contributed by atoms with van der Waals surface area (Å²) in [6, 6.07) is 0. The summed E-state index contributed by atoms with van der Waals surface area (Å²) in [5.74, 6) is -3.81. The molecule has 0 amide bonds. The SMILES string of the molecule is CCn1c(N2CCC(CN)C2)c(C(=O)O)c(=O)c2c(F)c(F)cnc21. The normalized spacial score (nSPS) is 17.4. The van der Waals surface area contributed by atoms with Crippen molar-refractivity contribution in [1.29, 1.82) is 0 Å². The van der Waals surface area contributed by atoms with Crippen LogP contribution >= 0.6 is 0 Å². The summed E-state index contributed by atoms with van der Waals surface area (Å²) in [4.78, 5) is 30.0. The van der Waals surface area contributed by atoms with E-state index in [1.165, 1.54) is 4.57 Å². The summed E-state index contributed by atoms with van der Waals surface area (Å²) in [6.07, 6.45) is 1.46. The Morgan fingerprint density at radius 3 is 2.76 bits per heavy atom. The number of aromatic carboxylic acids is 1. The lowest BCUT2D eigenvalue weighted by Gasteiger charge is -2.26. The third-order valence-electron chi connectivity index (χ3n) is 4.59. The van der Waals surface area contributed by atoms with Gasteiger partial charge in [-0.3, -0.25) is 4.79 Å². The van der Waals surface area contributed by atoms with Crippen LogP contribution in [0.1, 0.15) is 23.7 Å². The summed E-state index contributed by atoms with van der Waals surface area (Å²) in [6.45, 7) is 3.43. The maximum absolute atomic E-state index is 14.2. The number of carboxylic acids is 1. The lowest BCUT2D eigenvalue weighted by Crippen LogP contribution is -2.32. The Balaban J connectivity index is 2.39. The van der Waals surface area contributed by atoms with Gasteiger partial charge in [0.25, 0.3) is 0 Å². The molecule has 0 radical (unpaired) electrons. The van der Waals surface area contributed by atoms with E-state index in [0.717, 1.165) is 6.42 Å². The number of carbonyl (C=O) groups is 1. The van der Waals surface area contributed by atoms with Gasteiger partial charge < -0.3 is 20.3 Å². The van der Waals surface area contributed by atoms with E-state index in [4.69, 9.17) is 5.73 Å². The van der Waals surface area contributed by atoms with Gasteiger partial charge in [-0.25, -0.2) is 18.6 Å². The molecule has 134 valence electrons. The highest BCUT2D eigenvalue weighted by Gasteiger charge is 2.32. The summed E-state index contributed by atoms with van der Waals surface area (Å²) >= 11 is 0.